The van der Waals surface area contributed by atoms with Gasteiger partial charge in [0.25, 0.3) is 0 Å². The highest BCUT2D eigenvalue weighted by Gasteiger charge is 2.13. The van der Waals surface area contributed by atoms with E-state index in [0.29, 0.717) is 6.54 Å². The van der Waals surface area contributed by atoms with Crippen molar-refractivity contribution in [2.45, 2.75) is 19.4 Å². The van der Waals surface area contributed by atoms with Gasteiger partial charge >= 0.3 is 5.97 Å². The summed E-state index contributed by atoms with van der Waals surface area (Å²) < 4.78 is 19.5. The van der Waals surface area contributed by atoms with Crippen molar-refractivity contribution in [2.24, 2.45) is 0 Å². The molecule has 0 unspecified atom stereocenters. The molecule has 0 aliphatic rings. The summed E-state index contributed by atoms with van der Waals surface area (Å²) in [6.45, 7) is 1.51. The third kappa shape index (κ3) is 6.51. The van der Waals surface area contributed by atoms with E-state index >= 15 is 0 Å². The van der Waals surface area contributed by atoms with E-state index in [1.165, 1.54) is 25.3 Å². The van der Waals surface area contributed by atoms with Gasteiger partial charge in [-0.15, -0.1) is 0 Å². The summed E-state index contributed by atoms with van der Waals surface area (Å²) in [4.78, 5) is 29.4. The maximum Gasteiger partial charge on any atom is 0.307 e. The fourth-order valence-corrected chi connectivity index (χ4v) is 2.37. The number of amides is 1. The van der Waals surface area contributed by atoms with Crippen LogP contribution in [0, 0.1) is 5.82 Å². The first-order valence-corrected chi connectivity index (χ1v) is 8.33. The van der Waals surface area contributed by atoms with Gasteiger partial charge in [0.05, 0.1) is 19.9 Å². The van der Waals surface area contributed by atoms with E-state index in [1.807, 2.05) is 10.8 Å². The van der Waals surface area contributed by atoms with E-state index in [0.717, 1.165) is 18.5 Å². The van der Waals surface area contributed by atoms with Crippen LogP contribution >= 0.6 is 0 Å². The summed E-state index contributed by atoms with van der Waals surface area (Å²) in [6, 6.07) is 5.86. The van der Waals surface area contributed by atoms with Crippen LogP contribution in [0.2, 0.25) is 0 Å². The number of aryl methyl sites for hydroxylation is 1. The second-order valence-electron chi connectivity index (χ2n) is 5.69. The van der Waals surface area contributed by atoms with Gasteiger partial charge in [0.2, 0.25) is 5.91 Å². The number of methoxy groups -OCH3 is 1. The first-order chi connectivity index (χ1) is 12.6. The molecular weight excluding hydrogens is 337 g/mol. The number of esters is 1. The van der Waals surface area contributed by atoms with Crippen LogP contribution in [0.5, 0.6) is 0 Å². The maximum absolute atomic E-state index is 12.9. The number of rotatable bonds is 9. The number of halogens is 1. The molecule has 0 spiro atoms. The minimum atomic E-state index is -0.361. The van der Waals surface area contributed by atoms with Crippen LogP contribution < -0.4 is 0 Å². The van der Waals surface area contributed by atoms with Gasteiger partial charge in [-0.25, -0.2) is 9.37 Å². The van der Waals surface area contributed by atoms with Crippen molar-refractivity contribution in [3.05, 3.63) is 60.4 Å². The number of ether oxygens (including phenoxy) is 1. The van der Waals surface area contributed by atoms with Gasteiger partial charge in [-0.05, 0) is 30.2 Å². The minimum Gasteiger partial charge on any atom is -0.469 e. The Bertz CT molecular complexity index is 727. The number of carbonyl (C=O) groups excluding carboxylic acids is 2. The average molecular weight is 359 g/mol. The highest BCUT2D eigenvalue weighted by Crippen LogP contribution is 2.06. The van der Waals surface area contributed by atoms with Gasteiger partial charge in [0.1, 0.15) is 5.82 Å². The third-order valence-electron chi connectivity index (χ3n) is 3.82. The summed E-state index contributed by atoms with van der Waals surface area (Å²) in [7, 11) is 1.32. The number of carbonyl (C=O) groups is 2. The van der Waals surface area contributed by atoms with Gasteiger partial charge in [0.15, 0.2) is 0 Å². The number of benzene rings is 1. The lowest BCUT2D eigenvalue weighted by molar-refractivity contribution is -0.141. The lowest BCUT2D eigenvalue weighted by atomic mass is 10.2. The molecule has 0 radical (unpaired) electrons. The second kappa shape index (κ2) is 10.1. The molecular formula is C19H22FN3O3. The first kappa shape index (κ1) is 19.4. The predicted molar refractivity (Wildman–Crippen MR) is 95.5 cm³/mol. The van der Waals surface area contributed by atoms with Gasteiger partial charge in [0, 0.05) is 38.1 Å². The summed E-state index contributed by atoms with van der Waals surface area (Å²) in [5.41, 5.74) is 0.728. The van der Waals surface area contributed by atoms with Crippen molar-refractivity contribution < 1.29 is 18.7 Å². The summed E-state index contributed by atoms with van der Waals surface area (Å²) >= 11 is 0. The number of imidazole rings is 1. The first-order valence-electron chi connectivity index (χ1n) is 8.33. The van der Waals surface area contributed by atoms with E-state index in [-0.39, 0.29) is 30.7 Å². The smallest absolute Gasteiger partial charge is 0.307 e. The summed E-state index contributed by atoms with van der Waals surface area (Å²) in [5.74, 6) is -0.892. The Balaban J connectivity index is 1.94. The summed E-state index contributed by atoms with van der Waals surface area (Å²) in [6.07, 6.45) is 9.20. The monoisotopic (exact) mass is 359 g/mol. The lowest BCUT2D eigenvalue weighted by Gasteiger charge is -2.21. The molecule has 1 aromatic carbocycles. The molecule has 0 aliphatic heterocycles. The number of aromatic nitrogens is 2. The molecule has 0 fully saturated rings. The fraction of sp³-hybridized carbons (Fsp3) is 0.316. The average Bonchev–Trinajstić information content (AvgIpc) is 3.16. The molecule has 0 bridgehead atoms. The molecule has 0 aliphatic carbocycles. The van der Waals surface area contributed by atoms with E-state index in [9.17, 15) is 14.0 Å². The second-order valence-corrected chi connectivity index (χ2v) is 5.69. The van der Waals surface area contributed by atoms with Gasteiger partial charge in [-0.1, -0.05) is 12.1 Å². The SMILES string of the molecule is COC(=O)CCN(CCCn1ccnc1)C(=O)/C=C/c1ccc(F)cc1. The minimum absolute atomic E-state index is 0.137. The molecule has 7 heteroatoms. The molecule has 138 valence electrons. The van der Waals surface area contributed by atoms with Crippen molar-refractivity contribution in [3.8, 4) is 0 Å². The number of hydrogen-bond acceptors (Lipinski definition) is 4. The van der Waals surface area contributed by atoms with Crippen LogP contribution in [0.1, 0.15) is 18.4 Å². The summed E-state index contributed by atoms with van der Waals surface area (Å²) in [5, 5.41) is 0. The predicted octanol–water partition coefficient (Wildman–Crippen LogP) is 2.52. The highest BCUT2D eigenvalue weighted by molar-refractivity contribution is 5.92. The Hall–Kier alpha value is -2.96. The largest absolute Gasteiger partial charge is 0.469 e. The van der Waals surface area contributed by atoms with E-state index in [4.69, 9.17) is 0 Å². The van der Waals surface area contributed by atoms with Crippen LogP contribution in [0.3, 0.4) is 0 Å². The fourth-order valence-electron chi connectivity index (χ4n) is 2.37. The third-order valence-corrected chi connectivity index (χ3v) is 3.82. The highest BCUT2D eigenvalue weighted by atomic mass is 19.1. The van der Waals surface area contributed by atoms with Crippen LogP contribution in [-0.4, -0.2) is 46.5 Å². The molecule has 0 N–H and O–H groups in total. The van der Waals surface area contributed by atoms with E-state index < -0.39 is 0 Å². The number of hydrogen-bond donors (Lipinski definition) is 0. The molecule has 26 heavy (non-hydrogen) atoms. The van der Waals surface area contributed by atoms with Crippen LogP contribution in [0.4, 0.5) is 4.39 Å². The van der Waals surface area contributed by atoms with Crippen molar-refractivity contribution >= 4 is 18.0 Å². The van der Waals surface area contributed by atoms with Gasteiger partial charge in [-0.2, -0.15) is 0 Å². The zero-order chi connectivity index (χ0) is 18.8. The van der Waals surface area contributed by atoms with Crippen LogP contribution in [0.15, 0.2) is 49.1 Å². The Morgan fingerprint density at radius 3 is 2.69 bits per heavy atom. The van der Waals surface area contributed by atoms with Crippen molar-refractivity contribution in [1.82, 2.24) is 14.5 Å². The van der Waals surface area contributed by atoms with Gasteiger partial charge < -0.3 is 14.2 Å². The molecule has 2 rings (SSSR count). The molecule has 6 nitrogen and oxygen atoms in total. The maximum atomic E-state index is 12.9. The molecule has 1 heterocycles. The van der Waals surface area contributed by atoms with Gasteiger partial charge in [-0.3, -0.25) is 9.59 Å². The lowest BCUT2D eigenvalue weighted by Crippen LogP contribution is -2.33. The normalized spacial score (nSPS) is 10.8. The Kier molecular flexibility index (Phi) is 7.54. The van der Waals surface area contributed by atoms with Crippen LogP contribution in [-0.2, 0) is 20.9 Å². The van der Waals surface area contributed by atoms with Crippen molar-refractivity contribution in [1.29, 1.82) is 0 Å². The molecule has 0 saturated carbocycles. The Labute approximate surface area is 151 Å². The topological polar surface area (TPSA) is 64.4 Å². The zero-order valence-corrected chi connectivity index (χ0v) is 14.7. The number of nitrogens with zero attached hydrogens (tertiary/aromatic N) is 3. The Morgan fingerprint density at radius 1 is 1.27 bits per heavy atom. The quantitative estimate of drug-likeness (QED) is 0.510. The Morgan fingerprint density at radius 2 is 2.04 bits per heavy atom. The van der Waals surface area contributed by atoms with Crippen molar-refractivity contribution in [3.63, 3.8) is 0 Å². The molecule has 1 amide bonds. The molecule has 0 saturated heterocycles. The molecule has 2 aromatic rings. The zero-order valence-electron chi connectivity index (χ0n) is 14.7. The molecule has 0 atom stereocenters. The van der Waals surface area contributed by atoms with E-state index in [1.54, 1.807) is 35.6 Å². The van der Waals surface area contributed by atoms with Crippen molar-refractivity contribution in [2.75, 3.05) is 20.2 Å². The standard InChI is InChI=1S/C19H22FN3O3/c1-26-19(25)9-13-23(12-2-11-22-14-10-21-15-22)18(24)8-5-16-3-6-17(20)7-4-16/h3-8,10,14-15H,2,9,11-13H2,1H3/b8-5+. The van der Waals surface area contributed by atoms with E-state index in [2.05, 4.69) is 9.72 Å². The molecule has 1 aromatic heterocycles. The van der Waals surface area contributed by atoms with Crippen LogP contribution in [0.25, 0.3) is 6.08 Å².